The third kappa shape index (κ3) is 10.0. The van der Waals surface area contributed by atoms with Gasteiger partial charge in [-0.15, -0.1) is 0 Å². The fourth-order valence-electron chi connectivity index (χ4n) is 3.44. The quantitative estimate of drug-likeness (QED) is 0.299. The Kier molecular flexibility index (Phi) is 13.1. The summed E-state index contributed by atoms with van der Waals surface area (Å²) in [6, 6.07) is -4.35. The normalized spacial score (nSPS) is 21.1. The predicted molar refractivity (Wildman–Crippen MR) is 121 cm³/mol. The number of carbonyl (C=O) groups excluding carboxylic acids is 2. The number of nitrogens with zero attached hydrogens (tertiary/aromatic N) is 1. The van der Waals surface area contributed by atoms with Gasteiger partial charge in [0.25, 0.3) is 0 Å². The highest BCUT2D eigenvalue weighted by molar-refractivity contribution is 5.90. The molecule has 0 aromatic heterocycles. The Morgan fingerprint density at radius 1 is 0.861 bits per heavy atom. The molecule has 214 valence electrons. The van der Waals surface area contributed by atoms with Gasteiger partial charge in [0.05, 0.1) is 12.1 Å². The average Bonchev–Trinajstić information content (AvgIpc) is 3.23. The molecule has 0 bridgehead atoms. The third-order valence-electron chi connectivity index (χ3n) is 6.01. The third-order valence-corrected chi connectivity index (χ3v) is 6.01. The monoisotopic (exact) mass is 538 g/mol. The minimum Gasteiger partial charge on any atom is -0.382 e. The zero-order chi connectivity index (χ0) is 28.8. The fraction of sp³-hybridized carbons (Fsp3) is 0.909. The van der Waals surface area contributed by atoms with Crippen LogP contribution in [-0.2, 0) is 9.59 Å². The van der Waals surface area contributed by atoms with Crippen molar-refractivity contribution in [2.45, 2.75) is 103 Å². The lowest BCUT2D eigenvalue weighted by Gasteiger charge is -2.32. The van der Waals surface area contributed by atoms with Crippen molar-refractivity contribution in [3.8, 4) is 0 Å². The first-order chi connectivity index (χ1) is 16.1. The highest BCUT2D eigenvalue weighted by Gasteiger charge is 2.47. The van der Waals surface area contributed by atoms with Crippen LogP contribution in [0.4, 0.5) is 26.3 Å². The van der Waals surface area contributed by atoms with E-state index in [1.54, 1.807) is 13.8 Å². The molecule has 1 rings (SSSR count). The summed E-state index contributed by atoms with van der Waals surface area (Å²) in [7, 11) is 0. The van der Waals surface area contributed by atoms with Crippen LogP contribution in [0.1, 0.15) is 54.4 Å². The zero-order valence-electron chi connectivity index (χ0n) is 21.4. The highest BCUT2D eigenvalue weighted by atomic mass is 19.4. The van der Waals surface area contributed by atoms with Gasteiger partial charge in [0, 0.05) is 12.6 Å². The van der Waals surface area contributed by atoms with E-state index in [1.165, 1.54) is 32.6 Å². The number of likely N-dealkylation sites (tertiary alicyclic amines) is 1. The summed E-state index contributed by atoms with van der Waals surface area (Å²) < 4.78 is 73.6. The summed E-state index contributed by atoms with van der Waals surface area (Å²) >= 11 is 0. The summed E-state index contributed by atoms with van der Waals surface area (Å²) in [6.07, 6.45) is -13.6. The summed E-state index contributed by atoms with van der Waals surface area (Å²) in [5.74, 6) is -2.21. The van der Waals surface area contributed by atoms with E-state index in [1.807, 2.05) is 0 Å². The van der Waals surface area contributed by atoms with Crippen LogP contribution in [0.25, 0.3) is 0 Å². The number of nitrogens with one attached hydrogen (secondary N) is 1. The fourth-order valence-corrected chi connectivity index (χ4v) is 3.44. The lowest BCUT2D eigenvalue weighted by molar-refractivity contribution is -0.215. The van der Waals surface area contributed by atoms with Crippen molar-refractivity contribution in [3.05, 3.63) is 0 Å². The van der Waals surface area contributed by atoms with Gasteiger partial charge in [0.1, 0.15) is 6.04 Å². The molecule has 2 amide bonds. The van der Waals surface area contributed by atoms with Crippen molar-refractivity contribution in [1.82, 2.24) is 10.2 Å². The first-order valence-electron chi connectivity index (χ1n) is 11.8. The predicted octanol–water partition coefficient (Wildman–Crippen LogP) is 1.92. The van der Waals surface area contributed by atoms with Gasteiger partial charge in [0.2, 0.25) is 11.8 Å². The Bertz CT molecular complexity index is 703. The van der Waals surface area contributed by atoms with Gasteiger partial charge >= 0.3 is 12.4 Å². The molecule has 0 radical (unpaired) electrons. The van der Waals surface area contributed by atoms with E-state index in [-0.39, 0.29) is 17.7 Å². The molecule has 14 heteroatoms. The van der Waals surface area contributed by atoms with Crippen LogP contribution in [0, 0.1) is 17.8 Å². The molecule has 1 saturated heterocycles. The molecule has 0 saturated carbocycles. The smallest absolute Gasteiger partial charge is 0.382 e. The molecule has 0 aromatic rings. The summed E-state index contributed by atoms with van der Waals surface area (Å²) in [6.45, 7) is 9.91. The number of rotatable bonds is 8. The number of hydrogen-bond acceptors (Lipinski definition) is 6. The van der Waals surface area contributed by atoms with E-state index in [9.17, 15) is 41.0 Å². The molecule has 7 N–H and O–H groups in total. The van der Waals surface area contributed by atoms with Crippen molar-refractivity contribution in [3.63, 3.8) is 0 Å². The van der Waals surface area contributed by atoms with Crippen LogP contribution in [0.15, 0.2) is 0 Å². The minimum atomic E-state index is -4.84. The van der Waals surface area contributed by atoms with E-state index < -0.39 is 60.6 Å². The van der Waals surface area contributed by atoms with E-state index in [4.69, 9.17) is 16.6 Å². The average molecular weight is 539 g/mol. The van der Waals surface area contributed by atoms with Crippen LogP contribution < -0.4 is 16.8 Å². The molecule has 6 atom stereocenters. The van der Waals surface area contributed by atoms with Gasteiger partial charge in [-0.2, -0.15) is 26.3 Å². The van der Waals surface area contributed by atoms with Gasteiger partial charge in [0.15, 0.2) is 12.2 Å². The molecular formula is C22H40F6N4O4. The summed E-state index contributed by atoms with van der Waals surface area (Å²) in [5, 5.41) is 20.4. The molecule has 1 aliphatic heterocycles. The number of halogens is 6. The highest BCUT2D eigenvalue weighted by Crippen LogP contribution is 2.27. The van der Waals surface area contributed by atoms with Gasteiger partial charge in [-0.1, -0.05) is 41.5 Å². The van der Waals surface area contributed by atoms with Crippen molar-refractivity contribution in [1.29, 1.82) is 0 Å². The SMILES string of the molecule is CC(C)[C@H](N)C(=O)N1CCC[C@H]1C(=O)N[C@@H](C(C)C)[C@H](O)C(F)(F)F.CC(C)[C@H](N)[C@H](O)C(F)(F)F. The zero-order valence-corrected chi connectivity index (χ0v) is 21.4. The van der Waals surface area contributed by atoms with Gasteiger partial charge in [-0.25, -0.2) is 0 Å². The first kappa shape index (κ1) is 34.4. The second-order valence-electron chi connectivity index (χ2n) is 10.0. The Balaban J connectivity index is 0.000000935. The van der Waals surface area contributed by atoms with Crippen molar-refractivity contribution < 1.29 is 46.1 Å². The number of hydrogen-bond donors (Lipinski definition) is 5. The molecule has 0 aliphatic carbocycles. The van der Waals surface area contributed by atoms with Crippen LogP contribution in [0.5, 0.6) is 0 Å². The first-order valence-corrected chi connectivity index (χ1v) is 11.8. The molecule has 8 nitrogen and oxygen atoms in total. The van der Waals surface area contributed by atoms with Crippen LogP contribution in [-0.4, -0.2) is 82.2 Å². The topological polar surface area (TPSA) is 142 Å². The van der Waals surface area contributed by atoms with Gasteiger partial charge < -0.3 is 31.9 Å². The summed E-state index contributed by atoms with van der Waals surface area (Å²) in [4.78, 5) is 26.2. The maximum Gasteiger partial charge on any atom is 0.416 e. The molecule has 1 fully saturated rings. The van der Waals surface area contributed by atoms with Crippen LogP contribution in [0.2, 0.25) is 0 Å². The number of alkyl halides is 6. The van der Waals surface area contributed by atoms with Crippen LogP contribution >= 0.6 is 0 Å². The lowest BCUT2D eigenvalue weighted by atomic mass is 9.97. The van der Waals surface area contributed by atoms with E-state index >= 15 is 0 Å². The number of aliphatic hydroxyl groups is 2. The maximum absolute atomic E-state index is 12.8. The van der Waals surface area contributed by atoms with Crippen molar-refractivity contribution in [2.75, 3.05) is 6.54 Å². The number of nitrogens with two attached hydrogens (primary N) is 2. The Hall–Kier alpha value is -1.64. The second-order valence-corrected chi connectivity index (χ2v) is 10.0. The Labute approximate surface area is 207 Å². The van der Waals surface area contributed by atoms with Gasteiger partial charge in [-0.05, 0) is 30.6 Å². The van der Waals surface area contributed by atoms with E-state index in [0.717, 1.165) is 0 Å². The molecule has 1 heterocycles. The summed E-state index contributed by atoms with van der Waals surface area (Å²) in [5.41, 5.74) is 10.9. The maximum atomic E-state index is 12.8. The standard InChI is InChI=1S/C16H28F3N3O3.C6H12F3NO/c1-8(2)11(20)15(25)22-7-5-6-10(22)14(24)21-12(9(3)4)13(23)16(17,18)19;1-3(2)4(10)5(11)6(7,8)9/h8-13,23H,5-7,20H2,1-4H3,(H,21,24);3-5,11H,10H2,1-2H3/t10-,11-,12-,13-;4-,5-/m00/s1. The Morgan fingerprint density at radius 3 is 1.67 bits per heavy atom. The molecular weight excluding hydrogens is 498 g/mol. The van der Waals surface area contributed by atoms with Gasteiger partial charge in [-0.3, -0.25) is 9.59 Å². The van der Waals surface area contributed by atoms with Crippen molar-refractivity contribution >= 4 is 11.8 Å². The number of carbonyl (C=O) groups is 2. The second kappa shape index (κ2) is 13.8. The lowest BCUT2D eigenvalue weighted by Crippen LogP contribution is -2.58. The molecule has 36 heavy (non-hydrogen) atoms. The van der Waals surface area contributed by atoms with E-state index in [0.29, 0.717) is 19.4 Å². The Morgan fingerprint density at radius 2 is 1.33 bits per heavy atom. The molecule has 0 unspecified atom stereocenters. The molecule has 0 aromatic carbocycles. The van der Waals surface area contributed by atoms with E-state index in [2.05, 4.69) is 5.32 Å². The number of amides is 2. The number of aliphatic hydroxyl groups excluding tert-OH is 2. The largest absolute Gasteiger partial charge is 0.416 e. The minimum absolute atomic E-state index is 0.118. The molecule has 0 spiro atoms. The van der Waals surface area contributed by atoms with Crippen molar-refractivity contribution in [2.24, 2.45) is 29.2 Å². The molecule has 1 aliphatic rings. The van der Waals surface area contributed by atoms with Crippen LogP contribution in [0.3, 0.4) is 0 Å².